The zero-order valence-electron chi connectivity index (χ0n) is 10.8. The van der Waals surface area contributed by atoms with Crippen molar-refractivity contribution in [3.63, 3.8) is 0 Å². The van der Waals surface area contributed by atoms with E-state index in [4.69, 9.17) is 9.47 Å². The van der Waals surface area contributed by atoms with Crippen molar-refractivity contribution in [2.75, 3.05) is 19.0 Å². The topological polar surface area (TPSA) is 35.5 Å². The lowest BCUT2D eigenvalue weighted by Gasteiger charge is -2.12. The van der Waals surface area contributed by atoms with Crippen molar-refractivity contribution >= 4 is 21.9 Å². The fourth-order valence-electron chi connectivity index (χ4n) is 1.57. The smallest absolute Gasteiger partial charge is 0.341 e. The molecule has 0 heterocycles. The van der Waals surface area contributed by atoms with Crippen LogP contribution >= 0.6 is 15.9 Å². The van der Waals surface area contributed by atoms with E-state index in [1.807, 2.05) is 6.07 Å². The Balaban J connectivity index is 2.54. The molecule has 0 saturated heterocycles. The van der Waals surface area contributed by atoms with Crippen LogP contribution in [-0.4, -0.2) is 25.0 Å². The molecule has 0 fully saturated rings. The molecule has 0 aliphatic rings. The lowest BCUT2D eigenvalue weighted by atomic mass is 10.1. The predicted molar refractivity (Wildman–Crippen MR) is 75.5 cm³/mol. The van der Waals surface area contributed by atoms with Gasteiger partial charge >= 0.3 is 5.97 Å². The van der Waals surface area contributed by atoms with Gasteiger partial charge in [-0.05, 0) is 30.9 Å². The van der Waals surface area contributed by atoms with Crippen LogP contribution in [0.15, 0.2) is 24.3 Å². The number of carbonyl (C=O) groups excluding carboxylic acids is 1. The zero-order chi connectivity index (χ0) is 13.4. The fraction of sp³-hybridized carbons (Fsp3) is 0.500. The SMILES string of the molecule is COC(=O)c1ccccc1OCCC(C)CCBr. The Morgan fingerprint density at radius 2 is 2.06 bits per heavy atom. The Hall–Kier alpha value is -1.03. The second kappa shape index (κ2) is 8.14. The Morgan fingerprint density at radius 3 is 2.72 bits per heavy atom. The van der Waals surface area contributed by atoms with Crippen molar-refractivity contribution in [1.82, 2.24) is 0 Å². The number of halogens is 1. The molecule has 0 saturated carbocycles. The molecule has 0 N–H and O–H groups in total. The maximum atomic E-state index is 11.5. The van der Waals surface area contributed by atoms with Gasteiger partial charge in [0.2, 0.25) is 0 Å². The van der Waals surface area contributed by atoms with Crippen molar-refractivity contribution in [3.05, 3.63) is 29.8 Å². The van der Waals surface area contributed by atoms with Gasteiger partial charge in [-0.2, -0.15) is 0 Å². The Kier molecular flexibility index (Phi) is 6.80. The summed E-state index contributed by atoms with van der Waals surface area (Å²) < 4.78 is 10.4. The Bertz CT molecular complexity index is 379. The molecule has 1 aromatic rings. The van der Waals surface area contributed by atoms with Gasteiger partial charge < -0.3 is 9.47 Å². The quantitative estimate of drug-likeness (QED) is 0.569. The monoisotopic (exact) mass is 314 g/mol. The minimum atomic E-state index is -0.362. The molecule has 0 bridgehead atoms. The second-order valence-electron chi connectivity index (χ2n) is 4.21. The molecular formula is C14H19BrO3. The van der Waals surface area contributed by atoms with Crippen molar-refractivity contribution in [3.8, 4) is 5.75 Å². The largest absolute Gasteiger partial charge is 0.493 e. The number of ether oxygens (including phenoxy) is 2. The van der Waals surface area contributed by atoms with Crippen LogP contribution in [0.3, 0.4) is 0 Å². The van der Waals surface area contributed by atoms with Crippen LogP contribution in [0.25, 0.3) is 0 Å². The number of methoxy groups -OCH3 is 1. The molecule has 0 radical (unpaired) electrons. The third-order valence-corrected chi connectivity index (χ3v) is 3.22. The van der Waals surface area contributed by atoms with Crippen LogP contribution in [0, 0.1) is 5.92 Å². The highest BCUT2D eigenvalue weighted by atomic mass is 79.9. The van der Waals surface area contributed by atoms with Crippen molar-refractivity contribution in [2.45, 2.75) is 19.8 Å². The van der Waals surface area contributed by atoms with Crippen LogP contribution in [0.5, 0.6) is 5.75 Å². The first-order valence-electron chi connectivity index (χ1n) is 6.05. The zero-order valence-corrected chi connectivity index (χ0v) is 12.4. The molecule has 0 aliphatic heterocycles. The summed E-state index contributed by atoms with van der Waals surface area (Å²) in [4.78, 5) is 11.5. The first-order chi connectivity index (χ1) is 8.69. The fourth-order valence-corrected chi connectivity index (χ4v) is 2.35. The van der Waals surface area contributed by atoms with Gasteiger partial charge in [0.1, 0.15) is 11.3 Å². The van der Waals surface area contributed by atoms with Crippen LogP contribution in [-0.2, 0) is 4.74 Å². The average molecular weight is 315 g/mol. The molecule has 1 unspecified atom stereocenters. The van der Waals surface area contributed by atoms with Crippen molar-refractivity contribution in [2.24, 2.45) is 5.92 Å². The molecule has 1 rings (SSSR count). The summed E-state index contributed by atoms with van der Waals surface area (Å²) in [7, 11) is 1.37. The standard InChI is InChI=1S/C14H19BrO3/c1-11(7-9-15)8-10-18-13-6-4-3-5-12(13)14(16)17-2/h3-6,11H,7-10H2,1-2H3. The number of benzene rings is 1. The molecule has 1 aromatic carbocycles. The van der Waals surface area contributed by atoms with Crippen molar-refractivity contribution in [1.29, 1.82) is 0 Å². The van der Waals surface area contributed by atoms with Gasteiger partial charge in [0.25, 0.3) is 0 Å². The van der Waals surface area contributed by atoms with E-state index >= 15 is 0 Å². The number of esters is 1. The maximum absolute atomic E-state index is 11.5. The molecule has 1 atom stereocenters. The molecule has 3 nitrogen and oxygen atoms in total. The van der Waals surface area contributed by atoms with Gasteiger partial charge in [0, 0.05) is 5.33 Å². The van der Waals surface area contributed by atoms with Crippen molar-refractivity contribution < 1.29 is 14.3 Å². The molecule has 0 aromatic heterocycles. The van der Waals surface area contributed by atoms with Gasteiger partial charge in [0.05, 0.1) is 13.7 Å². The lowest BCUT2D eigenvalue weighted by Crippen LogP contribution is -2.08. The van der Waals surface area contributed by atoms with E-state index in [2.05, 4.69) is 22.9 Å². The number of rotatable bonds is 7. The molecular weight excluding hydrogens is 296 g/mol. The number of hydrogen-bond donors (Lipinski definition) is 0. The number of para-hydroxylation sites is 1. The maximum Gasteiger partial charge on any atom is 0.341 e. The first-order valence-corrected chi connectivity index (χ1v) is 7.17. The minimum absolute atomic E-state index is 0.362. The van der Waals surface area contributed by atoms with E-state index in [0.717, 1.165) is 18.2 Å². The molecule has 0 aliphatic carbocycles. The summed E-state index contributed by atoms with van der Waals surface area (Å²) >= 11 is 3.42. The van der Waals surface area contributed by atoms with Crippen LogP contribution in [0.1, 0.15) is 30.1 Å². The predicted octanol–water partition coefficient (Wildman–Crippen LogP) is 3.66. The number of hydrogen-bond acceptors (Lipinski definition) is 3. The third-order valence-electron chi connectivity index (χ3n) is 2.76. The molecule has 0 spiro atoms. The van der Waals surface area contributed by atoms with Gasteiger partial charge in [-0.1, -0.05) is 35.0 Å². The van der Waals surface area contributed by atoms with E-state index < -0.39 is 0 Å². The summed E-state index contributed by atoms with van der Waals surface area (Å²) in [5, 5.41) is 1.01. The Labute approximate surface area is 117 Å². The van der Waals surface area contributed by atoms with E-state index in [9.17, 15) is 4.79 Å². The molecule has 18 heavy (non-hydrogen) atoms. The summed E-state index contributed by atoms with van der Waals surface area (Å²) in [5.41, 5.74) is 0.480. The van der Waals surface area contributed by atoms with Gasteiger partial charge in [-0.3, -0.25) is 0 Å². The van der Waals surface area contributed by atoms with Crippen LogP contribution < -0.4 is 4.74 Å². The summed E-state index contributed by atoms with van der Waals surface area (Å²) in [6, 6.07) is 7.15. The van der Waals surface area contributed by atoms with E-state index in [-0.39, 0.29) is 5.97 Å². The van der Waals surface area contributed by atoms with Gasteiger partial charge in [-0.15, -0.1) is 0 Å². The number of alkyl halides is 1. The van der Waals surface area contributed by atoms with Gasteiger partial charge in [-0.25, -0.2) is 4.79 Å². The Morgan fingerprint density at radius 1 is 1.33 bits per heavy atom. The molecule has 0 amide bonds. The van der Waals surface area contributed by atoms with E-state index in [0.29, 0.717) is 23.8 Å². The first kappa shape index (κ1) is 15.0. The van der Waals surface area contributed by atoms with E-state index in [1.165, 1.54) is 7.11 Å². The second-order valence-corrected chi connectivity index (χ2v) is 5.00. The summed E-state index contributed by atoms with van der Waals surface area (Å²) in [5.74, 6) is 0.837. The van der Waals surface area contributed by atoms with Crippen LogP contribution in [0.4, 0.5) is 0 Å². The molecule has 100 valence electrons. The average Bonchev–Trinajstić information content (AvgIpc) is 2.39. The summed E-state index contributed by atoms with van der Waals surface area (Å²) in [6.07, 6.45) is 2.10. The number of carbonyl (C=O) groups is 1. The minimum Gasteiger partial charge on any atom is -0.493 e. The molecule has 4 heteroatoms. The van der Waals surface area contributed by atoms with Gasteiger partial charge in [0.15, 0.2) is 0 Å². The highest BCUT2D eigenvalue weighted by Crippen LogP contribution is 2.20. The summed E-state index contributed by atoms with van der Waals surface area (Å²) in [6.45, 7) is 2.80. The van der Waals surface area contributed by atoms with E-state index in [1.54, 1.807) is 18.2 Å². The third kappa shape index (κ3) is 4.69. The lowest BCUT2D eigenvalue weighted by molar-refractivity contribution is 0.0596. The normalized spacial score (nSPS) is 11.9. The highest BCUT2D eigenvalue weighted by molar-refractivity contribution is 9.09. The highest BCUT2D eigenvalue weighted by Gasteiger charge is 2.12. The van der Waals surface area contributed by atoms with Crippen LogP contribution in [0.2, 0.25) is 0 Å².